The van der Waals surface area contributed by atoms with Crippen LogP contribution >= 0.6 is 22.6 Å². The number of benzene rings is 1. The normalized spacial score (nSPS) is 30.1. The van der Waals surface area contributed by atoms with Crippen LogP contribution in [0, 0.1) is 5.92 Å². The Kier molecular flexibility index (Phi) is 6.09. The Hall–Kier alpha value is -0.803. The number of ether oxygens (including phenoxy) is 3. The van der Waals surface area contributed by atoms with Crippen LogP contribution in [-0.4, -0.2) is 43.6 Å². The summed E-state index contributed by atoms with van der Waals surface area (Å²) in [5.74, 6) is 1.42. The highest BCUT2D eigenvalue weighted by atomic mass is 127. The standard InChI is InChI=1S/C21H31IO5Si/c1-20(2,3)28(5,6)27-17-12-18(22)21(16(17)11-19(23)26-21)13-25-15-9-7-14(24-4)8-10-15/h7-10,16-18H,11-13H2,1-6H3/t16-,17-,18-,21-/m1/s1. The second kappa shape index (κ2) is 7.79. The molecule has 28 heavy (non-hydrogen) atoms. The summed E-state index contributed by atoms with van der Waals surface area (Å²) in [5, 5.41) is 0.127. The van der Waals surface area contributed by atoms with E-state index in [4.69, 9.17) is 18.6 Å². The van der Waals surface area contributed by atoms with Gasteiger partial charge in [0.25, 0.3) is 0 Å². The van der Waals surface area contributed by atoms with Gasteiger partial charge in [-0.05, 0) is 48.8 Å². The van der Waals surface area contributed by atoms with Gasteiger partial charge in [0.15, 0.2) is 13.9 Å². The summed E-state index contributed by atoms with van der Waals surface area (Å²) >= 11 is 2.41. The van der Waals surface area contributed by atoms with Gasteiger partial charge >= 0.3 is 5.97 Å². The summed E-state index contributed by atoms with van der Waals surface area (Å²) in [7, 11) is -0.299. The fourth-order valence-electron chi connectivity index (χ4n) is 3.77. The zero-order valence-electron chi connectivity index (χ0n) is 17.6. The molecule has 1 aromatic rings. The van der Waals surface area contributed by atoms with E-state index in [9.17, 15) is 4.79 Å². The van der Waals surface area contributed by atoms with Crippen molar-refractivity contribution < 1.29 is 23.4 Å². The predicted octanol–water partition coefficient (Wildman–Crippen LogP) is 4.97. The molecular weight excluding hydrogens is 487 g/mol. The third-order valence-electron chi connectivity index (χ3n) is 6.51. The average molecular weight is 518 g/mol. The Morgan fingerprint density at radius 2 is 1.82 bits per heavy atom. The molecule has 1 aliphatic carbocycles. The van der Waals surface area contributed by atoms with Gasteiger partial charge in [0.05, 0.1) is 23.6 Å². The zero-order chi connectivity index (χ0) is 20.7. The molecule has 0 radical (unpaired) electrons. The zero-order valence-corrected chi connectivity index (χ0v) is 20.7. The maximum atomic E-state index is 12.3. The van der Waals surface area contributed by atoms with Gasteiger partial charge in [0.1, 0.15) is 18.1 Å². The molecule has 0 bridgehead atoms. The molecular formula is C21H31IO5Si. The maximum absolute atomic E-state index is 12.3. The van der Waals surface area contributed by atoms with Gasteiger partial charge in [-0.1, -0.05) is 43.4 Å². The van der Waals surface area contributed by atoms with Crippen molar-refractivity contribution in [3.8, 4) is 11.5 Å². The largest absolute Gasteiger partial charge is 0.497 e. The van der Waals surface area contributed by atoms with E-state index >= 15 is 0 Å². The highest BCUT2D eigenvalue weighted by molar-refractivity contribution is 14.1. The van der Waals surface area contributed by atoms with E-state index in [0.717, 1.165) is 17.9 Å². The average Bonchev–Trinajstić information content (AvgIpc) is 3.06. The number of methoxy groups -OCH3 is 1. The summed E-state index contributed by atoms with van der Waals surface area (Å²) in [6.07, 6.45) is 1.33. The van der Waals surface area contributed by atoms with E-state index in [0.29, 0.717) is 13.0 Å². The molecule has 5 nitrogen and oxygen atoms in total. The Balaban J connectivity index is 1.77. The molecule has 1 saturated heterocycles. The van der Waals surface area contributed by atoms with Crippen LogP contribution < -0.4 is 9.47 Å². The fourth-order valence-corrected chi connectivity index (χ4v) is 6.41. The number of esters is 1. The topological polar surface area (TPSA) is 54.0 Å². The third-order valence-corrected chi connectivity index (χ3v) is 12.6. The number of hydrogen-bond donors (Lipinski definition) is 0. The molecule has 0 aromatic heterocycles. The number of fused-ring (bicyclic) bond motifs is 1. The first kappa shape index (κ1) is 21.9. The second-order valence-corrected chi connectivity index (χ2v) is 15.6. The second-order valence-electron chi connectivity index (χ2n) is 9.32. The van der Waals surface area contributed by atoms with Crippen LogP contribution in [-0.2, 0) is 14.0 Å². The van der Waals surface area contributed by atoms with Crippen molar-refractivity contribution in [2.45, 2.75) is 67.4 Å². The lowest BCUT2D eigenvalue weighted by Crippen LogP contribution is -2.48. The molecule has 0 spiro atoms. The molecule has 0 amide bonds. The summed E-state index contributed by atoms with van der Waals surface area (Å²) in [6, 6.07) is 7.49. The minimum atomic E-state index is -1.94. The molecule has 1 saturated carbocycles. The van der Waals surface area contributed by atoms with Crippen molar-refractivity contribution in [3.63, 3.8) is 0 Å². The van der Waals surface area contributed by atoms with Gasteiger partial charge < -0.3 is 18.6 Å². The van der Waals surface area contributed by atoms with E-state index in [1.807, 2.05) is 24.3 Å². The number of hydrogen-bond acceptors (Lipinski definition) is 5. The lowest BCUT2D eigenvalue weighted by molar-refractivity contribution is -0.150. The number of rotatable bonds is 6. The molecule has 0 N–H and O–H groups in total. The minimum Gasteiger partial charge on any atom is -0.497 e. The molecule has 7 heteroatoms. The molecule has 2 aliphatic rings. The van der Waals surface area contributed by atoms with Gasteiger partial charge in [-0.2, -0.15) is 0 Å². The van der Waals surface area contributed by atoms with Crippen molar-refractivity contribution in [1.29, 1.82) is 0 Å². The summed E-state index contributed by atoms with van der Waals surface area (Å²) in [4.78, 5) is 12.3. The smallest absolute Gasteiger partial charge is 0.307 e. The first-order chi connectivity index (χ1) is 13.0. The van der Waals surface area contributed by atoms with E-state index in [1.54, 1.807) is 7.11 Å². The summed E-state index contributed by atoms with van der Waals surface area (Å²) in [6.45, 7) is 11.6. The van der Waals surface area contributed by atoms with Crippen LogP contribution in [0.3, 0.4) is 0 Å². The van der Waals surface area contributed by atoms with Gasteiger partial charge in [-0.3, -0.25) is 4.79 Å². The van der Waals surface area contributed by atoms with Crippen molar-refractivity contribution in [2.75, 3.05) is 13.7 Å². The van der Waals surface area contributed by atoms with Crippen molar-refractivity contribution in [3.05, 3.63) is 24.3 Å². The lowest BCUT2D eigenvalue weighted by atomic mass is 9.90. The highest BCUT2D eigenvalue weighted by Crippen LogP contribution is 2.52. The highest BCUT2D eigenvalue weighted by Gasteiger charge is 2.63. The van der Waals surface area contributed by atoms with Crippen molar-refractivity contribution in [2.24, 2.45) is 5.92 Å². The SMILES string of the molecule is COc1ccc(OC[C@@]23OC(=O)C[C@@H]2[C@H](O[Si](C)(C)C(C)(C)C)C[C@H]3I)cc1. The van der Waals surface area contributed by atoms with E-state index < -0.39 is 13.9 Å². The molecule has 1 aliphatic heterocycles. The van der Waals surface area contributed by atoms with Crippen molar-refractivity contribution >= 4 is 36.9 Å². The molecule has 2 fully saturated rings. The minimum absolute atomic E-state index is 0.0358. The number of carbonyl (C=O) groups is 1. The van der Waals surface area contributed by atoms with Gasteiger partial charge in [0, 0.05) is 5.92 Å². The third kappa shape index (κ3) is 4.07. The van der Waals surface area contributed by atoms with Crippen LogP contribution in [0.25, 0.3) is 0 Å². The molecule has 4 atom stereocenters. The van der Waals surface area contributed by atoms with E-state index in [-0.39, 0.29) is 27.0 Å². The predicted molar refractivity (Wildman–Crippen MR) is 120 cm³/mol. The molecule has 1 heterocycles. The van der Waals surface area contributed by atoms with Crippen molar-refractivity contribution in [1.82, 2.24) is 0 Å². The molecule has 156 valence electrons. The van der Waals surface area contributed by atoms with Crippen LogP contribution in [0.4, 0.5) is 0 Å². The van der Waals surface area contributed by atoms with E-state index in [2.05, 4.69) is 56.5 Å². The van der Waals surface area contributed by atoms with Crippen LogP contribution in [0.1, 0.15) is 33.6 Å². The van der Waals surface area contributed by atoms with Crippen LogP contribution in [0.15, 0.2) is 24.3 Å². The number of alkyl halides is 1. The van der Waals surface area contributed by atoms with Gasteiger partial charge in [-0.15, -0.1) is 0 Å². The van der Waals surface area contributed by atoms with Gasteiger partial charge in [0.2, 0.25) is 0 Å². The maximum Gasteiger partial charge on any atom is 0.307 e. The summed E-state index contributed by atoms with van der Waals surface area (Å²) in [5.41, 5.74) is -0.620. The Morgan fingerprint density at radius 3 is 2.39 bits per heavy atom. The lowest BCUT2D eigenvalue weighted by Gasteiger charge is -2.40. The first-order valence-corrected chi connectivity index (χ1v) is 13.9. The van der Waals surface area contributed by atoms with Crippen LogP contribution in [0.5, 0.6) is 11.5 Å². The van der Waals surface area contributed by atoms with Gasteiger partial charge in [-0.25, -0.2) is 0 Å². The number of carbonyl (C=O) groups excluding carboxylic acids is 1. The Bertz CT molecular complexity index is 715. The van der Waals surface area contributed by atoms with Crippen LogP contribution in [0.2, 0.25) is 18.1 Å². The monoisotopic (exact) mass is 518 g/mol. The molecule has 3 rings (SSSR count). The molecule has 0 unspecified atom stereocenters. The molecule has 1 aromatic carbocycles. The number of halogens is 1. The Morgan fingerprint density at radius 1 is 1.21 bits per heavy atom. The quantitative estimate of drug-likeness (QED) is 0.230. The fraction of sp³-hybridized carbons (Fsp3) is 0.667. The first-order valence-electron chi connectivity index (χ1n) is 9.79. The van der Waals surface area contributed by atoms with E-state index in [1.165, 1.54) is 0 Å². The summed E-state index contributed by atoms with van der Waals surface area (Å²) < 4.78 is 24.1. The Labute approximate surface area is 182 Å².